The van der Waals surface area contributed by atoms with Gasteiger partial charge in [-0.3, -0.25) is 18.6 Å². The highest BCUT2D eigenvalue weighted by atomic mass is 31.2. The minimum atomic E-state index is -4.40. The van der Waals surface area contributed by atoms with Crippen LogP contribution in [0.4, 0.5) is 0 Å². The number of allylic oxidation sites excluding steroid dienone is 12. The van der Waals surface area contributed by atoms with Crippen LogP contribution in [-0.4, -0.2) is 49.3 Å². The lowest BCUT2D eigenvalue weighted by molar-refractivity contribution is -0.161. The molecule has 2 unspecified atom stereocenters. The zero-order valence-electron chi connectivity index (χ0n) is 60.8. The molecule has 0 rings (SSSR count). The molecule has 9 nitrogen and oxygen atoms in total. The molecule has 0 aromatic heterocycles. The zero-order valence-corrected chi connectivity index (χ0v) is 61.7. The summed E-state index contributed by atoms with van der Waals surface area (Å²) >= 11 is 0. The number of phosphoric acid groups is 1. The number of unbranched alkanes of at least 4 members (excludes halogenated alkanes) is 51. The molecule has 0 fully saturated rings. The molecule has 538 valence electrons. The van der Waals surface area contributed by atoms with Gasteiger partial charge in [0, 0.05) is 19.4 Å². The Labute approximate surface area is 571 Å². The molecule has 0 aliphatic carbocycles. The molecule has 0 spiro atoms. The van der Waals surface area contributed by atoms with Gasteiger partial charge in [-0.05, 0) is 64.2 Å². The van der Waals surface area contributed by atoms with Crippen molar-refractivity contribution in [2.75, 3.05) is 26.4 Å². The predicted octanol–water partition coefficient (Wildman–Crippen LogP) is 26.7. The van der Waals surface area contributed by atoms with E-state index in [1.807, 2.05) is 0 Å². The van der Waals surface area contributed by atoms with Gasteiger partial charge in [-0.15, -0.1) is 0 Å². The van der Waals surface area contributed by atoms with Gasteiger partial charge in [-0.1, -0.05) is 401 Å². The van der Waals surface area contributed by atoms with Crippen molar-refractivity contribution in [1.82, 2.24) is 0 Å². The summed E-state index contributed by atoms with van der Waals surface area (Å²) in [5.41, 5.74) is 5.42. The predicted molar refractivity (Wildman–Crippen MR) is 399 cm³/mol. The fourth-order valence-corrected chi connectivity index (χ4v) is 12.8. The smallest absolute Gasteiger partial charge is 0.462 e. The maximum Gasteiger partial charge on any atom is 0.472 e. The second-order valence-electron chi connectivity index (χ2n) is 26.9. The van der Waals surface area contributed by atoms with Gasteiger partial charge in [0.05, 0.1) is 13.2 Å². The average Bonchev–Trinajstić information content (AvgIpc) is 3.08. The molecule has 0 bridgehead atoms. The molecule has 0 amide bonds. The quantitative estimate of drug-likeness (QED) is 0.0264. The Morgan fingerprint density at radius 1 is 0.337 bits per heavy atom. The van der Waals surface area contributed by atoms with Crippen LogP contribution in [0.2, 0.25) is 0 Å². The third-order valence-corrected chi connectivity index (χ3v) is 18.8. The van der Waals surface area contributed by atoms with E-state index in [2.05, 4.69) is 86.8 Å². The van der Waals surface area contributed by atoms with E-state index in [0.29, 0.717) is 6.42 Å². The van der Waals surface area contributed by atoms with Crippen molar-refractivity contribution in [3.63, 3.8) is 0 Å². The number of rotatable bonds is 76. The van der Waals surface area contributed by atoms with E-state index >= 15 is 0 Å². The van der Waals surface area contributed by atoms with Crippen molar-refractivity contribution in [3.8, 4) is 0 Å². The first-order valence-corrected chi connectivity index (χ1v) is 41.4. The first kappa shape index (κ1) is 89.5. The normalized spacial score (nSPS) is 13.2. The van der Waals surface area contributed by atoms with E-state index in [-0.39, 0.29) is 38.6 Å². The van der Waals surface area contributed by atoms with Gasteiger partial charge in [-0.2, -0.15) is 0 Å². The second-order valence-corrected chi connectivity index (χ2v) is 28.4. The first-order chi connectivity index (χ1) is 45.3. The van der Waals surface area contributed by atoms with Crippen LogP contribution in [0.1, 0.15) is 406 Å². The second kappa shape index (κ2) is 77.5. The highest BCUT2D eigenvalue weighted by molar-refractivity contribution is 7.47. The van der Waals surface area contributed by atoms with Crippen LogP contribution in [0.15, 0.2) is 72.9 Å². The van der Waals surface area contributed by atoms with Crippen LogP contribution in [0, 0.1) is 0 Å². The maximum absolute atomic E-state index is 12.8. The summed E-state index contributed by atoms with van der Waals surface area (Å²) in [6.45, 7) is 3.71. The highest BCUT2D eigenvalue weighted by Gasteiger charge is 2.26. The number of esters is 2. The van der Waals surface area contributed by atoms with Crippen molar-refractivity contribution < 1.29 is 37.6 Å². The number of hydrogen-bond acceptors (Lipinski definition) is 8. The molecule has 0 aromatic carbocycles. The van der Waals surface area contributed by atoms with E-state index in [9.17, 15) is 19.0 Å². The minimum Gasteiger partial charge on any atom is -0.462 e. The van der Waals surface area contributed by atoms with Gasteiger partial charge in [0.25, 0.3) is 0 Å². The van der Waals surface area contributed by atoms with Crippen molar-refractivity contribution in [1.29, 1.82) is 0 Å². The third-order valence-electron chi connectivity index (χ3n) is 17.9. The summed E-state index contributed by atoms with van der Waals surface area (Å²) in [6, 6.07) is 0. The number of nitrogens with two attached hydrogens (primary N) is 1. The Kier molecular flexibility index (Phi) is 75.3. The lowest BCUT2D eigenvalue weighted by atomic mass is 10.0. The molecule has 0 aromatic rings. The lowest BCUT2D eigenvalue weighted by Gasteiger charge is -2.19. The van der Waals surface area contributed by atoms with Crippen LogP contribution < -0.4 is 5.73 Å². The van der Waals surface area contributed by atoms with Gasteiger partial charge in [0.1, 0.15) is 6.61 Å². The first-order valence-electron chi connectivity index (χ1n) is 39.9. The standard InChI is InChI=1S/C82H152NO8P/c1-3-5-7-9-11-13-15-17-19-21-23-25-27-29-31-33-35-37-38-39-40-41-42-43-45-47-49-51-53-55-57-59-61-63-65-67-69-71-73-75-82(85)91-80(79-90-92(86,87)89-77-76-83)78-88-81(84)74-72-70-68-66-64-62-60-58-56-54-52-50-48-46-44-36-34-32-30-28-26-24-22-20-18-16-14-12-10-8-6-4-2/h5,7,11,13,17,19,23,25,29,31,35,37,80H,3-4,6,8-10,12,14-16,18,20-22,24,26-28,30,32-34,36,38-79,83H2,1-2H3,(H,86,87)/b7-5-,13-11-,19-17-,25-23-,31-29-,37-35-. The van der Waals surface area contributed by atoms with Gasteiger partial charge < -0.3 is 20.1 Å². The Morgan fingerprint density at radius 3 is 0.891 bits per heavy atom. The summed E-state index contributed by atoms with van der Waals surface area (Å²) in [5.74, 6) is -0.804. The van der Waals surface area contributed by atoms with Crippen molar-refractivity contribution >= 4 is 19.8 Å². The molecule has 0 saturated heterocycles. The van der Waals surface area contributed by atoms with E-state index in [1.54, 1.807) is 0 Å². The SMILES string of the molecule is CC/C=C\C/C=C\C/C=C\C/C=C\C/C=C\C/C=C\CCCCCCCCCCCCCCCCCCCCCCC(=O)OC(COC(=O)CCCCCCCCCCCCCCCCCCCCCCCCCCCCCCCCCC)COP(=O)(O)OCCN. The fraction of sp³-hybridized carbons (Fsp3) is 0.829. The molecule has 0 radical (unpaired) electrons. The summed E-state index contributed by atoms with van der Waals surface area (Å²) in [5, 5.41) is 0. The summed E-state index contributed by atoms with van der Waals surface area (Å²) < 4.78 is 33.3. The summed E-state index contributed by atoms with van der Waals surface area (Å²) in [7, 11) is -4.40. The third kappa shape index (κ3) is 76.5. The number of hydrogen-bond donors (Lipinski definition) is 2. The molecular weight excluding hydrogens is 1160 g/mol. The van der Waals surface area contributed by atoms with Crippen LogP contribution >= 0.6 is 7.82 Å². The van der Waals surface area contributed by atoms with E-state index in [1.165, 1.54) is 302 Å². The number of carbonyl (C=O) groups excluding carboxylic acids is 2. The highest BCUT2D eigenvalue weighted by Crippen LogP contribution is 2.43. The van der Waals surface area contributed by atoms with Crippen molar-refractivity contribution in [2.24, 2.45) is 5.73 Å². The van der Waals surface area contributed by atoms with Gasteiger partial charge in [0.2, 0.25) is 0 Å². The largest absolute Gasteiger partial charge is 0.472 e. The Hall–Kier alpha value is -2.55. The van der Waals surface area contributed by atoms with E-state index in [4.69, 9.17) is 24.3 Å². The molecule has 0 aliphatic heterocycles. The van der Waals surface area contributed by atoms with Crippen molar-refractivity contribution in [2.45, 2.75) is 412 Å². The van der Waals surface area contributed by atoms with Gasteiger partial charge in [-0.25, -0.2) is 4.57 Å². The Morgan fingerprint density at radius 2 is 0.598 bits per heavy atom. The van der Waals surface area contributed by atoms with Crippen LogP contribution in [0.5, 0.6) is 0 Å². The van der Waals surface area contributed by atoms with Gasteiger partial charge >= 0.3 is 19.8 Å². The summed E-state index contributed by atoms with van der Waals surface area (Å²) in [4.78, 5) is 35.5. The van der Waals surface area contributed by atoms with Crippen LogP contribution in [-0.2, 0) is 32.7 Å². The fourth-order valence-electron chi connectivity index (χ4n) is 12.0. The topological polar surface area (TPSA) is 134 Å². The zero-order chi connectivity index (χ0) is 66.5. The molecular formula is C82H152NO8P. The molecule has 10 heteroatoms. The monoisotopic (exact) mass is 1310 g/mol. The molecule has 0 aliphatic rings. The summed E-state index contributed by atoms with van der Waals surface area (Å²) in [6.07, 6.45) is 103. The molecule has 0 heterocycles. The molecule has 3 N–H and O–H groups in total. The van der Waals surface area contributed by atoms with E-state index in [0.717, 1.165) is 70.6 Å². The molecule has 2 atom stereocenters. The van der Waals surface area contributed by atoms with Crippen LogP contribution in [0.3, 0.4) is 0 Å². The number of phosphoric ester groups is 1. The molecule has 92 heavy (non-hydrogen) atoms. The van der Waals surface area contributed by atoms with E-state index < -0.39 is 26.5 Å². The van der Waals surface area contributed by atoms with Gasteiger partial charge in [0.15, 0.2) is 6.10 Å². The number of carbonyl (C=O) groups is 2. The minimum absolute atomic E-state index is 0.0551. The number of ether oxygens (including phenoxy) is 2. The average molecular weight is 1310 g/mol. The van der Waals surface area contributed by atoms with Crippen molar-refractivity contribution in [3.05, 3.63) is 72.9 Å². The molecule has 0 saturated carbocycles. The Bertz CT molecular complexity index is 1740. The Balaban J connectivity index is 3.77. The lowest BCUT2D eigenvalue weighted by Crippen LogP contribution is -2.29. The van der Waals surface area contributed by atoms with Crippen LogP contribution in [0.25, 0.3) is 0 Å². The maximum atomic E-state index is 12.8.